The zero-order valence-corrected chi connectivity index (χ0v) is 13.7. The van der Waals surface area contributed by atoms with Crippen LogP contribution in [0.15, 0.2) is 30.3 Å². The molecule has 0 aromatic heterocycles. The number of amides is 3. The highest BCUT2D eigenvalue weighted by Gasteiger charge is 2.57. The highest BCUT2D eigenvalue weighted by molar-refractivity contribution is 6.23. The summed E-state index contributed by atoms with van der Waals surface area (Å²) in [7, 11) is 3.40. The summed E-state index contributed by atoms with van der Waals surface area (Å²) >= 11 is 0. The number of anilines is 1. The lowest BCUT2D eigenvalue weighted by atomic mass is 9.68. The molecule has 0 radical (unpaired) electrons. The number of hydrogen-bond acceptors (Lipinski definition) is 3. The maximum absolute atomic E-state index is 13.0. The van der Waals surface area contributed by atoms with E-state index in [1.165, 1.54) is 9.80 Å². The van der Waals surface area contributed by atoms with Gasteiger partial charge in [-0.3, -0.25) is 19.3 Å². The molecule has 1 aromatic rings. The van der Waals surface area contributed by atoms with Gasteiger partial charge in [0.1, 0.15) is 0 Å². The van der Waals surface area contributed by atoms with Gasteiger partial charge in [0, 0.05) is 14.1 Å². The Labute approximate surface area is 136 Å². The number of para-hydroxylation sites is 1. The van der Waals surface area contributed by atoms with Gasteiger partial charge in [0.05, 0.1) is 23.4 Å². The molecule has 1 saturated carbocycles. The van der Waals surface area contributed by atoms with Crippen LogP contribution in [0.2, 0.25) is 0 Å². The van der Waals surface area contributed by atoms with Crippen molar-refractivity contribution in [1.29, 1.82) is 0 Å². The van der Waals surface area contributed by atoms with Crippen molar-refractivity contribution in [2.24, 2.45) is 23.7 Å². The van der Waals surface area contributed by atoms with Gasteiger partial charge in [0.15, 0.2) is 0 Å². The third-order valence-electron chi connectivity index (χ3n) is 5.15. The molecule has 0 bridgehead atoms. The summed E-state index contributed by atoms with van der Waals surface area (Å²) in [5.41, 5.74) is 0.597. The molecule has 1 aromatic carbocycles. The first-order chi connectivity index (χ1) is 10.9. The Morgan fingerprint density at radius 3 is 2.26 bits per heavy atom. The highest BCUT2D eigenvalue weighted by Crippen LogP contribution is 2.46. The number of rotatable bonds is 2. The number of carbonyl (C=O) groups excluding carboxylic acids is 3. The second-order valence-electron chi connectivity index (χ2n) is 6.79. The van der Waals surface area contributed by atoms with Crippen LogP contribution in [0.1, 0.15) is 19.8 Å². The molecule has 0 unspecified atom stereocenters. The lowest BCUT2D eigenvalue weighted by molar-refractivity contribution is -0.142. The summed E-state index contributed by atoms with van der Waals surface area (Å²) in [6.07, 6.45) is 1.47. The molecule has 122 valence electrons. The number of imide groups is 1. The van der Waals surface area contributed by atoms with E-state index in [1.54, 1.807) is 26.2 Å². The Hall–Kier alpha value is -2.17. The predicted molar refractivity (Wildman–Crippen MR) is 86.5 cm³/mol. The number of nitrogens with zero attached hydrogens (tertiary/aromatic N) is 2. The van der Waals surface area contributed by atoms with E-state index in [0.29, 0.717) is 12.1 Å². The molecule has 1 aliphatic carbocycles. The maximum atomic E-state index is 13.0. The summed E-state index contributed by atoms with van der Waals surface area (Å²) in [6, 6.07) is 9.00. The molecule has 5 nitrogen and oxygen atoms in total. The Kier molecular flexibility index (Phi) is 3.96. The lowest BCUT2D eigenvalue weighted by Crippen LogP contribution is -2.43. The molecule has 0 N–H and O–H groups in total. The van der Waals surface area contributed by atoms with Gasteiger partial charge in [-0.2, -0.15) is 0 Å². The van der Waals surface area contributed by atoms with Gasteiger partial charge in [-0.1, -0.05) is 25.1 Å². The lowest BCUT2D eigenvalue weighted by Gasteiger charge is -2.35. The van der Waals surface area contributed by atoms with Crippen molar-refractivity contribution in [3.8, 4) is 0 Å². The number of carbonyl (C=O) groups is 3. The van der Waals surface area contributed by atoms with Crippen molar-refractivity contribution in [3.05, 3.63) is 30.3 Å². The standard InChI is InChI=1S/C18H22N2O3/c1-11-9-10-13(16(21)19(2)3)15-14(11)17(22)20(18(15)23)12-7-5-4-6-8-12/h4-8,11,13-15H,9-10H2,1-3H3/t11-,13+,14+,15+/m1/s1. The number of hydrogen-bond donors (Lipinski definition) is 0. The normalized spacial score (nSPS) is 30.3. The van der Waals surface area contributed by atoms with Crippen LogP contribution in [0.5, 0.6) is 0 Å². The highest BCUT2D eigenvalue weighted by atomic mass is 16.2. The van der Waals surface area contributed by atoms with E-state index >= 15 is 0 Å². The van der Waals surface area contributed by atoms with Crippen molar-refractivity contribution < 1.29 is 14.4 Å². The topological polar surface area (TPSA) is 57.7 Å². The summed E-state index contributed by atoms with van der Waals surface area (Å²) in [5, 5.41) is 0. The minimum atomic E-state index is -0.527. The Balaban J connectivity index is 2.00. The largest absolute Gasteiger partial charge is 0.349 e. The van der Waals surface area contributed by atoms with Crippen LogP contribution in [-0.2, 0) is 14.4 Å². The van der Waals surface area contributed by atoms with Crippen LogP contribution in [0, 0.1) is 23.7 Å². The average molecular weight is 314 g/mol. The van der Waals surface area contributed by atoms with Crippen molar-refractivity contribution >= 4 is 23.4 Å². The molecule has 2 aliphatic rings. The summed E-state index contributed by atoms with van der Waals surface area (Å²) < 4.78 is 0. The number of fused-ring (bicyclic) bond motifs is 1. The van der Waals surface area contributed by atoms with Gasteiger partial charge in [-0.05, 0) is 30.9 Å². The van der Waals surface area contributed by atoms with Gasteiger partial charge in [0.2, 0.25) is 17.7 Å². The molecule has 3 rings (SSSR count). The molecule has 0 spiro atoms. The third-order valence-corrected chi connectivity index (χ3v) is 5.15. The zero-order valence-electron chi connectivity index (χ0n) is 13.7. The number of benzene rings is 1. The molecule has 1 aliphatic heterocycles. The predicted octanol–water partition coefficient (Wildman–Crippen LogP) is 1.93. The van der Waals surface area contributed by atoms with Gasteiger partial charge in [-0.15, -0.1) is 0 Å². The summed E-state index contributed by atoms with van der Waals surface area (Å²) in [6.45, 7) is 2.01. The Bertz CT molecular complexity index is 641. The summed E-state index contributed by atoms with van der Waals surface area (Å²) in [5.74, 6) is -1.62. The Morgan fingerprint density at radius 1 is 1.04 bits per heavy atom. The van der Waals surface area contributed by atoms with Gasteiger partial charge < -0.3 is 4.90 Å². The van der Waals surface area contributed by atoms with E-state index < -0.39 is 11.8 Å². The van der Waals surface area contributed by atoms with Crippen molar-refractivity contribution in [2.45, 2.75) is 19.8 Å². The first-order valence-electron chi connectivity index (χ1n) is 8.07. The van der Waals surface area contributed by atoms with Crippen LogP contribution in [0.3, 0.4) is 0 Å². The maximum Gasteiger partial charge on any atom is 0.238 e. The molecule has 2 fully saturated rings. The fourth-order valence-corrected chi connectivity index (χ4v) is 3.98. The van der Waals surface area contributed by atoms with Gasteiger partial charge in [-0.25, -0.2) is 0 Å². The van der Waals surface area contributed by atoms with Crippen molar-refractivity contribution in [3.63, 3.8) is 0 Å². The van der Waals surface area contributed by atoms with Crippen LogP contribution in [-0.4, -0.2) is 36.7 Å². The second-order valence-corrected chi connectivity index (χ2v) is 6.79. The zero-order chi connectivity index (χ0) is 16.7. The fraction of sp³-hybridized carbons (Fsp3) is 0.500. The van der Waals surface area contributed by atoms with Crippen LogP contribution in [0.4, 0.5) is 5.69 Å². The third kappa shape index (κ3) is 2.44. The van der Waals surface area contributed by atoms with Crippen LogP contribution >= 0.6 is 0 Å². The molecular weight excluding hydrogens is 292 g/mol. The quantitative estimate of drug-likeness (QED) is 0.784. The first-order valence-corrected chi connectivity index (χ1v) is 8.07. The van der Waals surface area contributed by atoms with Crippen molar-refractivity contribution in [2.75, 3.05) is 19.0 Å². The van der Waals surface area contributed by atoms with Crippen LogP contribution < -0.4 is 4.90 Å². The van der Waals surface area contributed by atoms with E-state index in [1.807, 2.05) is 25.1 Å². The van der Waals surface area contributed by atoms with Gasteiger partial charge in [0.25, 0.3) is 0 Å². The Morgan fingerprint density at radius 2 is 1.65 bits per heavy atom. The average Bonchev–Trinajstić information content (AvgIpc) is 2.80. The molecule has 3 amide bonds. The van der Waals surface area contributed by atoms with Gasteiger partial charge >= 0.3 is 0 Å². The minimum absolute atomic E-state index is 0.0528. The SMILES string of the molecule is C[C@@H]1CC[C@H](C(=O)N(C)C)[C@@H]2C(=O)N(c3ccccc3)C(=O)[C@H]21. The van der Waals surface area contributed by atoms with E-state index in [4.69, 9.17) is 0 Å². The van der Waals surface area contributed by atoms with E-state index in [2.05, 4.69) is 0 Å². The molecular formula is C18H22N2O3. The minimum Gasteiger partial charge on any atom is -0.349 e. The van der Waals surface area contributed by atoms with Crippen molar-refractivity contribution in [1.82, 2.24) is 4.90 Å². The smallest absolute Gasteiger partial charge is 0.238 e. The molecule has 1 saturated heterocycles. The molecule has 5 heteroatoms. The second kappa shape index (κ2) is 5.80. The van der Waals surface area contributed by atoms with E-state index in [0.717, 1.165) is 6.42 Å². The molecule has 4 atom stereocenters. The first kappa shape index (κ1) is 15.7. The fourth-order valence-electron chi connectivity index (χ4n) is 3.98. The van der Waals surface area contributed by atoms with E-state index in [9.17, 15) is 14.4 Å². The monoisotopic (exact) mass is 314 g/mol. The molecule has 1 heterocycles. The van der Waals surface area contributed by atoms with E-state index in [-0.39, 0.29) is 29.6 Å². The molecule has 23 heavy (non-hydrogen) atoms. The summed E-state index contributed by atoms with van der Waals surface area (Å²) in [4.78, 5) is 41.1. The van der Waals surface area contributed by atoms with Crippen LogP contribution in [0.25, 0.3) is 0 Å².